The lowest BCUT2D eigenvalue weighted by atomic mass is 10.0. The number of aliphatic imine (C=N–C) groups is 1. The van der Waals surface area contributed by atoms with E-state index >= 15 is 0 Å². The molecule has 0 fully saturated rings. The third-order valence-corrected chi connectivity index (χ3v) is 2.38. The smallest absolute Gasteiger partial charge is 0.240 e. The van der Waals surface area contributed by atoms with E-state index in [0.29, 0.717) is 5.69 Å². The van der Waals surface area contributed by atoms with Gasteiger partial charge in [0.1, 0.15) is 0 Å². The summed E-state index contributed by atoms with van der Waals surface area (Å²) in [6.45, 7) is 1.99. The predicted molar refractivity (Wildman–Crippen MR) is 62.2 cm³/mol. The molecule has 1 aromatic heterocycles. The summed E-state index contributed by atoms with van der Waals surface area (Å²) in [6.07, 6.45) is 5.05. The van der Waals surface area contributed by atoms with Crippen LogP contribution < -0.4 is 0 Å². The summed E-state index contributed by atoms with van der Waals surface area (Å²) < 4.78 is 0. The molecule has 0 aliphatic heterocycles. The van der Waals surface area contributed by atoms with Crippen LogP contribution in [0.15, 0.2) is 47.7 Å². The molecule has 0 radical (unpaired) electrons. The zero-order valence-electron chi connectivity index (χ0n) is 8.84. The molecule has 0 saturated carbocycles. The van der Waals surface area contributed by atoms with Crippen molar-refractivity contribution in [2.24, 2.45) is 4.99 Å². The predicted octanol–water partition coefficient (Wildman–Crippen LogP) is 3.02. The van der Waals surface area contributed by atoms with Gasteiger partial charge in [0.05, 0.1) is 5.69 Å². The molecule has 2 rings (SSSR count). The van der Waals surface area contributed by atoms with Gasteiger partial charge in [-0.3, -0.25) is 4.98 Å². The molecule has 0 aliphatic rings. The zero-order chi connectivity index (χ0) is 11.4. The van der Waals surface area contributed by atoms with Gasteiger partial charge in [-0.15, -0.1) is 0 Å². The summed E-state index contributed by atoms with van der Waals surface area (Å²) >= 11 is 0. The van der Waals surface area contributed by atoms with Crippen molar-refractivity contribution in [1.29, 1.82) is 0 Å². The quantitative estimate of drug-likeness (QED) is 0.564. The number of hydrogen-bond acceptors (Lipinski definition) is 3. The minimum absolute atomic E-state index is 0.630. The molecular weight excluding hydrogens is 200 g/mol. The van der Waals surface area contributed by atoms with Gasteiger partial charge in [0.25, 0.3) is 0 Å². The van der Waals surface area contributed by atoms with Crippen molar-refractivity contribution in [3.05, 3.63) is 48.3 Å². The summed E-state index contributed by atoms with van der Waals surface area (Å²) in [6, 6.07) is 9.51. The second kappa shape index (κ2) is 4.51. The van der Waals surface area contributed by atoms with Gasteiger partial charge in [0, 0.05) is 12.4 Å². The fraction of sp³-hybridized carbons (Fsp3) is 0.0769. The highest BCUT2D eigenvalue weighted by Crippen LogP contribution is 2.26. The highest BCUT2D eigenvalue weighted by atomic mass is 16.1. The number of benzene rings is 1. The third kappa shape index (κ3) is 2.05. The van der Waals surface area contributed by atoms with Crippen molar-refractivity contribution < 1.29 is 4.79 Å². The molecule has 0 atom stereocenters. The maximum absolute atomic E-state index is 10.1. The SMILES string of the molecule is Cc1cc(N=C=O)ccc1-c1ccncc1. The second-order valence-corrected chi connectivity index (χ2v) is 3.44. The first-order valence-corrected chi connectivity index (χ1v) is 4.90. The summed E-state index contributed by atoms with van der Waals surface area (Å²) in [5.41, 5.74) is 3.93. The number of aromatic nitrogens is 1. The van der Waals surface area contributed by atoms with Crippen molar-refractivity contribution in [2.45, 2.75) is 6.92 Å². The third-order valence-electron chi connectivity index (χ3n) is 2.38. The van der Waals surface area contributed by atoms with E-state index in [4.69, 9.17) is 0 Å². The Kier molecular flexibility index (Phi) is 2.90. The van der Waals surface area contributed by atoms with Crippen molar-refractivity contribution in [3.63, 3.8) is 0 Å². The highest BCUT2D eigenvalue weighted by Gasteiger charge is 2.01. The largest absolute Gasteiger partial charge is 0.265 e. The van der Waals surface area contributed by atoms with Crippen LogP contribution in [0.25, 0.3) is 11.1 Å². The lowest BCUT2D eigenvalue weighted by Crippen LogP contribution is -1.83. The monoisotopic (exact) mass is 210 g/mol. The van der Waals surface area contributed by atoms with Crippen LogP contribution in [-0.4, -0.2) is 11.1 Å². The topological polar surface area (TPSA) is 42.3 Å². The van der Waals surface area contributed by atoms with Crippen molar-refractivity contribution in [1.82, 2.24) is 4.98 Å². The number of rotatable bonds is 2. The van der Waals surface area contributed by atoms with E-state index in [0.717, 1.165) is 16.7 Å². The van der Waals surface area contributed by atoms with Gasteiger partial charge in [0.2, 0.25) is 6.08 Å². The minimum Gasteiger partial charge on any atom is -0.265 e. The average molecular weight is 210 g/mol. The van der Waals surface area contributed by atoms with Crippen LogP contribution in [0.2, 0.25) is 0 Å². The maximum Gasteiger partial charge on any atom is 0.240 e. The van der Waals surface area contributed by atoms with Crippen LogP contribution >= 0.6 is 0 Å². The fourth-order valence-electron chi connectivity index (χ4n) is 1.63. The molecular formula is C13H10N2O. The highest BCUT2D eigenvalue weighted by molar-refractivity contribution is 5.69. The van der Waals surface area contributed by atoms with Crippen molar-refractivity contribution >= 4 is 11.8 Å². The normalized spacial score (nSPS) is 9.56. The number of aryl methyl sites for hydroxylation is 1. The molecule has 0 saturated heterocycles. The van der Waals surface area contributed by atoms with Crippen molar-refractivity contribution in [2.75, 3.05) is 0 Å². The lowest BCUT2D eigenvalue weighted by Gasteiger charge is -2.05. The molecule has 0 bridgehead atoms. The number of nitrogens with zero attached hydrogens (tertiary/aromatic N) is 2. The fourth-order valence-corrected chi connectivity index (χ4v) is 1.63. The van der Waals surface area contributed by atoms with Crippen LogP contribution in [0.1, 0.15) is 5.56 Å². The van der Waals surface area contributed by atoms with Gasteiger partial charge < -0.3 is 0 Å². The molecule has 1 heterocycles. The van der Waals surface area contributed by atoms with Gasteiger partial charge in [-0.1, -0.05) is 6.07 Å². The first kappa shape index (κ1) is 10.3. The molecule has 78 valence electrons. The average Bonchev–Trinajstić information content (AvgIpc) is 2.31. The van der Waals surface area contributed by atoms with Gasteiger partial charge in [-0.05, 0) is 47.9 Å². The first-order valence-electron chi connectivity index (χ1n) is 4.90. The number of isocyanates is 1. The molecule has 0 aliphatic carbocycles. The Morgan fingerprint density at radius 1 is 1.19 bits per heavy atom. The Labute approximate surface area is 93.5 Å². The molecule has 16 heavy (non-hydrogen) atoms. The Bertz CT molecular complexity index is 543. The summed E-state index contributed by atoms with van der Waals surface area (Å²) in [5.74, 6) is 0. The molecule has 3 nitrogen and oxygen atoms in total. The standard InChI is InChI=1S/C13H10N2O/c1-10-8-12(15-9-16)2-3-13(10)11-4-6-14-7-5-11/h2-8H,1H3. The molecule has 1 aromatic carbocycles. The van der Waals surface area contributed by atoms with E-state index in [1.165, 1.54) is 6.08 Å². The summed E-state index contributed by atoms with van der Waals surface area (Å²) in [4.78, 5) is 17.7. The van der Waals surface area contributed by atoms with Gasteiger partial charge in [0.15, 0.2) is 0 Å². The zero-order valence-corrected chi connectivity index (χ0v) is 8.84. The Morgan fingerprint density at radius 2 is 1.94 bits per heavy atom. The van der Waals surface area contributed by atoms with Crippen LogP contribution in [0.5, 0.6) is 0 Å². The summed E-state index contributed by atoms with van der Waals surface area (Å²) in [7, 11) is 0. The molecule has 0 amide bonds. The van der Waals surface area contributed by atoms with E-state index in [1.807, 2.05) is 31.2 Å². The Balaban J connectivity index is 2.48. The van der Waals surface area contributed by atoms with E-state index < -0.39 is 0 Å². The van der Waals surface area contributed by atoms with E-state index in [1.54, 1.807) is 18.5 Å². The molecule has 0 spiro atoms. The van der Waals surface area contributed by atoms with Crippen LogP contribution in [-0.2, 0) is 4.79 Å². The summed E-state index contributed by atoms with van der Waals surface area (Å²) in [5, 5.41) is 0. The number of hydrogen-bond donors (Lipinski definition) is 0. The van der Waals surface area contributed by atoms with Crippen LogP contribution in [0.3, 0.4) is 0 Å². The van der Waals surface area contributed by atoms with E-state index in [9.17, 15) is 4.79 Å². The Morgan fingerprint density at radius 3 is 2.56 bits per heavy atom. The molecule has 0 unspecified atom stereocenters. The van der Waals surface area contributed by atoms with Crippen LogP contribution in [0.4, 0.5) is 5.69 Å². The second-order valence-electron chi connectivity index (χ2n) is 3.44. The maximum atomic E-state index is 10.1. The Hall–Kier alpha value is -2.25. The lowest BCUT2D eigenvalue weighted by molar-refractivity contribution is 0.565. The van der Waals surface area contributed by atoms with E-state index in [-0.39, 0.29) is 0 Å². The molecule has 3 heteroatoms. The minimum atomic E-state index is 0.630. The van der Waals surface area contributed by atoms with Crippen molar-refractivity contribution in [3.8, 4) is 11.1 Å². The number of pyridine rings is 1. The van der Waals surface area contributed by atoms with Crippen LogP contribution in [0, 0.1) is 6.92 Å². The number of carbonyl (C=O) groups excluding carboxylic acids is 1. The first-order chi connectivity index (χ1) is 7.81. The van der Waals surface area contributed by atoms with Gasteiger partial charge in [-0.2, -0.15) is 4.99 Å². The van der Waals surface area contributed by atoms with Gasteiger partial charge in [-0.25, -0.2) is 4.79 Å². The van der Waals surface area contributed by atoms with Gasteiger partial charge >= 0.3 is 0 Å². The van der Waals surface area contributed by atoms with E-state index in [2.05, 4.69) is 9.98 Å². The molecule has 0 N–H and O–H groups in total. The molecule has 2 aromatic rings.